The summed E-state index contributed by atoms with van der Waals surface area (Å²) in [4.78, 5) is 33.1. The van der Waals surface area contributed by atoms with Crippen molar-refractivity contribution in [1.29, 1.82) is 0 Å². The molecular weight excluding hydrogens is 472 g/mol. The standard InChI is InChI=1S/C24H27F2N7O3/c1-6-32-17-10-18(27-5)28-11-13(17)12-33(23(32)35)14-7-8-15(25)16(9-14)29-22(34)30-21-19(26)20(31-36-21)24(2,3)4/h7-11H,6,12H2,1-5H3,(H,27,28)(H2,29,30,34). The third-order valence-electron chi connectivity index (χ3n) is 5.70. The number of nitrogens with one attached hydrogen (secondary N) is 3. The van der Waals surface area contributed by atoms with Gasteiger partial charge in [-0.25, -0.2) is 19.0 Å². The molecule has 3 aromatic rings. The number of rotatable bonds is 5. The van der Waals surface area contributed by atoms with Crippen LogP contribution in [0.4, 0.5) is 47.1 Å². The van der Waals surface area contributed by atoms with Crippen LogP contribution in [-0.2, 0) is 12.0 Å². The minimum atomic E-state index is -0.934. The first-order valence-corrected chi connectivity index (χ1v) is 11.3. The van der Waals surface area contributed by atoms with Crippen LogP contribution in [0.5, 0.6) is 0 Å². The van der Waals surface area contributed by atoms with E-state index in [1.54, 1.807) is 45.0 Å². The second-order valence-electron chi connectivity index (χ2n) is 9.23. The molecule has 0 atom stereocenters. The van der Waals surface area contributed by atoms with Crippen LogP contribution in [0.25, 0.3) is 0 Å². The molecule has 0 aliphatic carbocycles. The Bertz CT molecular complexity index is 1320. The topological polar surface area (TPSA) is 116 Å². The average molecular weight is 500 g/mol. The lowest BCUT2D eigenvalue weighted by Crippen LogP contribution is -2.47. The van der Waals surface area contributed by atoms with E-state index in [4.69, 9.17) is 4.52 Å². The van der Waals surface area contributed by atoms with Gasteiger partial charge in [0.1, 0.15) is 17.3 Å². The summed E-state index contributed by atoms with van der Waals surface area (Å²) in [6.07, 6.45) is 1.68. The molecule has 1 aliphatic rings. The van der Waals surface area contributed by atoms with Gasteiger partial charge in [0.05, 0.1) is 17.9 Å². The number of amides is 4. The Kier molecular flexibility index (Phi) is 6.53. The van der Waals surface area contributed by atoms with Crippen molar-refractivity contribution in [1.82, 2.24) is 10.1 Å². The minimum absolute atomic E-state index is 0.0478. The maximum absolute atomic E-state index is 14.6. The monoisotopic (exact) mass is 499 g/mol. The highest BCUT2D eigenvalue weighted by atomic mass is 19.1. The highest BCUT2D eigenvalue weighted by Gasteiger charge is 2.32. The van der Waals surface area contributed by atoms with Crippen molar-refractivity contribution in [2.75, 3.05) is 39.3 Å². The van der Waals surface area contributed by atoms with Gasteiger partial charge in [0, 0.05) is 42.5 Å². The lowest BCUT2D eigenvalue weighted by Gasteiger charge is -2.36. The van der Waals surface area contributed by atoms with Gasteiger partial charge in [-0.15, -0.1) is 0 Å². The molecule has 1 aromatic carbocycles. The highest BCUT2D eigenvalue weighted by Crippen LogP contribution is 2.34. The number of benzene rings is 1. The Balaban J connectivity index is 1.57. The van der Waals surface area contributed by atoms with Crippen LogP contribution >= 0.6 is 0 Å². The number of fused-ring (bicyclic) bond motifs is 1. The van der Waals surface area contributed by atoms with Crippen molar-refractivity contribution in [2.45, 2.75) is 39.7 Å². The number of anilines is 5. The van der Waals surface area contributed by atoms with Crippen LogP contribution in [0.3, 0.4) is 0 Å². The number of nitrogens with zero attached hydrogens (tertiary/aromatic N) is 4. The Morgan fingerprint density at radius 2 is 1.94 bits per heavy atom. The Morgan fingerprint density at radius 3 is 2.58 bits per heavy atom. The van der Waals surface area contributed by atoms with Crippen molar-refractivity contribution in [2.24, 2.45) is 0 Å². The molecule has 0 fully saturated rings. The molecule has 0 radical (unpaired) electrons. The molecule has 0 saturated heterocycles. The van der Waals surface area contributed by atoms with Crippen molar-refractivity contribution in [3.05, 3.63) is 53.4 Å². The number of carbonyl (C=O) groups is 2. The van der Waals surface area contributed by atoms with E-state index in [2.05, 4.69) is 26.1 Å². The fourth-order valence-electron chi connectivity index (χ4n) is 3.83. The molecule has 1 aliphatic heterocycles. The molecule has 4 rings (SSSR count). The molecule has 4 amide bonds. The summed E-state index contributed by atoms with van der Waals surface area (Å²) in [5, 5.41) is 11.2. The molecule has 12 heteroatoms. The maximum atomic E-state index is 14.6. The molecule has 0 saturated carbocycles. The van der Waals surface area contributed by atoms with Gasteiger partial charge in [-0.3, -0.25) is 15.1 Å². The third kappa shape index (κ3) is 4.66. The van der Waals surface area contributed by atoms with Crippen molar-refractivity contribution < 1.29 is 22.9 Å². The zero-order valence-corrected chi connectivity index (χ0v) is 20.6. The van der Waals surface area contributed by atoms with Crippen LogP contribution in [0.2, 0.25) is 0 Å². The quantitative estimate of drug-likeness (QED) is 0.439. The fraction of sp³-hybridized carbons (Fsp3) is 0.333. The van der Waals surface area contributed by atoms with E-state index in [0.717, 1.165) is 17.3 Å². The van der Waals surface area contributed by atoms with E-state index >= 15 is 0 Å². The Hall–Kier alpha value is -4.22. The van der Waals surface area contributed by atoms with Crippen LogP contribution < -0.4 is 25.8 Å². The second kappa shape index (κ2) is 9.44. The van der Waals surface area contributed by atoms with Gasteiger partial charge >= 0.3 is 12.1 Å². The Labute approximate surface area is 206 Å². The maximum Gasteiger partial charge on any atom is 0.329 e. The number of urea groups is 2. The highest BCUT2D eigenvalue weighted by molar-refractivity contribution is 6.07. The summed E-state index contributed by atoms with van der Waals surface area (Å²) >= 11 is 0. The van der Waals surface area contributed by atoms with E-state index in [-0.39, 0.29) is 24.0 Å². The van der Waals surface area contributed by atoms with Crippen molar-refractivity contribution in [3.8, 4) is 0 Å². The van der Waals surface area contributed by atoms with Gasteiger partial charge in [0.15, 0.2) is 0 Å². The normalized spacial score (nSPS) is 13.5. The molecule has 2 aromatic heterocycles. The molecule has 10 nitrogen and oxygen atoms in total. The van der Waals surface area contributed by atoms with Gasteiger partial charge in [0.2, 0.25) is 5.82 Å². The predicted octanol–water partition coefficient (Wildman–Crippen LogP) is 5.30. The largest absolute Gasteiger partial charge is 0.373 e. The summed E-state index contributed by atoms with van der Waals surface area (Å²) < 4.78 is 34.0. The predicted molar refractivity (Wildman–Crippen MR) is 133 cm³/mol. The van der Waals surface area contributed by atoms with Gasteiger partial charge < -0.3 is 15.2 Å². The second-order valence-corrected chi connectivity index (χ2v) is 9.23. The summed E-state index contributed by atoms with van der Waals surface area (Å²) in [6.45, 7) is 7.69. The Morgan fingerprint density at radius 1 is 1.19 bits per heavy atom. The number of pyridine rings is 1. The molecule has 3 heterocycles. The first-order valence-electron chi connectivity index (χ1n) is 11.3. The SMILES string of the molecule is CCN1C(=O)N(c2ccc(F)c(NC(=O)Nc3onc(C(C)(C)C)c3F)c2)Cc2cnc(NC)cc21. The zero-order valence-electron chi connectivity index (χ0n) is 20.6. The molecular formula is C24H27F2N7O3. The number of hydrogen-bond acceptors (Lipinski definition) is 6. The van der Waals surface area contributed by atoms with E-state index in [1.807, 2.05) is 6.92 Å². The number of hydrogen-bond donors (Lipinski definition) is 3. The third-order valence-corrected chi connectivity index (χ3v) is 5.70. The summed E-state index contributed by atoms with van der Waals surface area (Å²) in [7, 11) is 1.74. The summed E-state index contributed by atoms with van der Waals surface area (Å²) in [5.74, 6) is -1.40. The van der Waals surface area contributed by atoms with Crippen LogP contribution in [0.15, 0.2) is 35.0 Å². The van der Waals surface area contributed by atoms with E-state index in [1.165, 1.54) is 17.0 Å². The molecule has 0 spiro atoms. The minimum Gasteiger partial charge on any atom is -0.373 e. The van der Waals surface area contributed by atoms with Gasteiger partial charge in [-0.2, -0.15) is 4.39 Å². The molecule has 3 N–H and O–H groups in total. The van der Waals surface area contributed by atoms with Crippen LogP contribution in [0, 0.1) is 11.6 Å². The summed E-state index contributed by atoms with van der Waals surface area (Å²) in [6, 6.07) is 4.46. The van der Waals surface area contributed by atoms with Gasteiger partial charge in [0.25, 0.3) is 5.88 Å². The molecule has 190 valence electrons. The van der Waals surface area contributed by atoms with E-state index < -0.39 is 29.0 Å². The number of carbonyl (C=O) groups excluding carboxylic acids is 2. The van der Waals surface area contributed by atoms with Crippen LogP contribution in [-0.4, -0.2) is 35.8 Å². The fourth-order valence-corrected chi connectivity index (χ4v) is 3.83. The molecule has 0 unspecified atom stereocenters. The van der Waals surface area contributed by atoms with Crippen LogP contribution in [0.1, 0.15) is 39.0 Å². The average Bonchev–Trinajstić information content (AvgIpc) is 3.20. The van der Waals surface area contributed by atoms with E-state index in [0.29, 0.717) is 18.1 Å². The zero-order chi connectivity index (χ0) is 26.2. The molecule has 0 bridgehead atoms. The van der Waals surface area contributed by atoms with Crippen molar-refractivity contribution in [3.63, 3.8) is 0 Å². The van der Waals surface area contributed by atoms with E-state index in [9.17, 15) is 18.4 Å². The first kappa shape index (κ1) is 24.9. The van der Waals surface area contributed by atoms with Gasteiger partial charge in [-0.1, -0.05) is 25.9 Å². The number of halogens is 2. The lowest BCUT2D eigenvalue weighted by atomic mass is 9.92. The lowest BCUT2D eigenvalue weighted by molar-refractivity contribution is 0.250. The van der Waals surface area contributed by atoms with Crippen molar-refractivity contribution >= 4 is 40.8 Å². The van der Waals surface area contributed by atoms with Gasteiger partial charge in [-0.05, 0) is 25.1 Å². The number of aromatic nitrogens is 2. The first-order chi connectivity index (χ1) is 17.0. The molecule has 36 heavy (non-hydrogen) atoms. The summed E-state index contributed by atoms with van der Waals surface area (Å²) in [5.41, 5.74) is 1.11. The smallest absolute Gasteiger partial charge is 0.329 e.